The lowest BCUT2D eigenvalue weighted by molar-refractivity contribution is -0.137. The van der Waals surface area contributed by atoms with E-state index in [2.05, 4.69) is 20.7 Å². The van der Waals surface area contributed by atoms with Gasteiger partial charge in [-0.3, -0.25) is 9.59 Å². The molecule has 1 saturated carbocycles. The highest BCUT2D eigenvalue weighted by Crippen LogP contribution is 2.31. The number of carbonyl (C=O) groups is 2. The van der Waals surface area contributed by atoms with Gasteiger partial charge < -0.3 is 10.2 Å². The first-order chi connectivity index (χ1) is 16.7. The van der Waals surface area contributed by atoms with Crippen molar-refractivity contribution < 1.29 is 22.8 Å². The molecule has 1 aromatic heterocycles. The number of alkyl halides is 3. The fraction of sp³-hybridized carbons (Fsp3) is 0.375. The van der Waals surface area contributed by atoms with Crippen LogP contribution >= 0.6 is 0 Å². The predicted molar refractivity (Wildman–Crippen MR) is 122 cm³/mol. The molecule has 1 N–H and O–H groups in total. The van der Waals surface area contributed by atoms with Crippen molar-refractivity contribution in [3.63, 3.8) is 0 Å². The molecule has 11 heteroatoms. The van der Waals surface area contributed by atoms with Crippen LogP contribution in [0.4, 0.5) is 18.9 Å². The molecule has 0 saturated heterocycles. The molecule has 2 aromatic carbocycles. The number of nitrogens with zero attached hydrogens (tertiary/aromatic N) is 5. The summed E-state index contributed by atoms with van der Waals surface area (Å²) in [7, 11) is 0. The number of amides is 2. The number of benzene rings is 2. The Morgan fingerprint density at radius 1 is 1.11 bits per heavy atom. The lowest BCUT2D eigenvalue weighted by atomic mass is 10.1. The van der Waals surface area contributed by atoms with Gasteiger partial charge in [-0.2, -0.15) is 18.0 Å². The number of hydrogen-bond acceptors (Lipinski definition) is 5. The number of halogens is 3. The zero-order chi connectivity index (χ0) is 25.0. The Kier molecular flexibility index (Phi) is 7.13. The molecule has 1 heterocycles. The van der Waals surface area contributed by atoms with E-state index in [0.717, 1.165) is 53.1 Å². The molecule has 184 valence electrons. The van der Waals surface area contributed by atoms with Crippen molar-refractivity contribution in [2.45, 2.75) is 51.4 Å². The van der Waals surface area contributed by atoms with Crippen molar-refractivity contribution in [1.29, 1.82) is 0 Å². The summed E-state index contributed by atoms with van der Waals surface area (Å²) in [5, 5.41) is 14.9. The molecule has 0 unspecified atom stereocenters. The second-order valence-corrected chi connectivity index (χ2v) is 8.59. The van der Waals surface area contributed by atoms with E-state index in [1.807, 2.05) is 31.2 Å². The number of anilines is 1. The van der Waals surface area contributed by atoms with Gasteiger partial charge in [0.05, 0.1) is 5.56 Å². The van der Waals surface area contributed by atoms with E-state index >= 15 is 0 Å². The maximum atomic E-state index is 13.3. The van der Waals surface area contributed by atoms with Crippen molar-refractivity contribution in [3.05, 3.63) is 59.7 Å². The molecule has 0 radical (unpaired) electrons. The highest BCUT2D eigenvalue weighted by molar-refractivity contribution is 5.98. The Hall–Kier alpha value is -3.76. The molecule has 0 atom stereocenters. The summed E-state index contributed by atoms with van der Waals surface area (Å²) in [4.78, 5) is 27.9. The van der Waals surface area contributed by atoms with E-state index in [9.17, 15) is 22.8 Å². The first kappa shape index (κ1) is 24.4. The van der Waals surface area contributed by atoms with Crippen LogP contribution < -0.4 is 10.2 Å². The molecular weight excluding hydrogens is 461 g/mol. The van der Waals surface area contributed by atoms with Gasteiger partial charge in [0.1, 0.15) is 13.1 Å². The average molecular weight is 486 g/mol. The summed E-state index contributed by atoms with van der Waals surface area (Å²) in [5.41, 5.74) is 0.818. The van der Waals surface area contributed by atoms with Crippen molar-refractivity contribution in [1.82, 2.24) is 25.5 Å². The van der Waals surface area contributed by atoms with Crippen LogP contribution in [-0.2, 0) is 22.3 Å². The molecule has 3 aromatic rings. The Morgan fingerprint density at radius 3 is 2.51 bits per heavy atom. The first-order valence-corrected chi connectivity index (χ1v) is 11.3. The van der Waals surface area contributed by atoms with Gasteiger partial charge in [0, 0.05) is 17.3 Å². The Bertz CT molecular complexity index is 1190. The van der Waals surface area contributed by atoms with Gasteiger partial charge in [-0.1, -0.05) is 48.7 Å². The summed E-state index contributed by atoms with van der Waals surface area (Å²) < 4.78 is 39.9. The number of nitrogens with one attached hydrogen (secondary N) is 1. The maximum absolute atomic E-state index is 13.3. The van der Waals surface area contributed by atoms with Gasteiger partial charge in [-0.05, 0) is 43.2 Å². The van der Waals surface area contributed by atoms with Crippen LogP contribution in [0.15, 0.2) is 48.5 Å². The zero-order valence-corrected chi connectivity index (χ0v) is 19.1. The summed E-state index contributed by atoms with van der Waals surface area (Å²) >= 11 is 0. The minimum absolute atomic E-state index is 0.00927. The number of rotatable bonds is 7. The van der Waals surface area contributed by atoms with Gasteiger partial charge in [0.15, 0.2) is 0 Å². The SMILES string of the molecule is Cc1ccc(-c2nnn(CC(=O)N(CC(=O)NC3CCCC3)c3cccc(C(F)(F)F)c3)n2)cc1. The van der Waals surface area contributed by atoms with Crippen molar-refractivity contribution in [2.75, 3.05) is 11.4 Å². The molecule has 1 aliphatic rings. The largest absolute Gasteiger partial charge is 0.416 e. The highest BCUT2D eigenvalue weighted by Gasteiger charge is 2.32. The Morgan fingerprint density at radius 2 is 1.83 bits per heavy atom. The van der Waals surface area contributed by atoms with Crippen LogP contribution in [0.1, 0.15) is 36.8 Å². The van der Waals surface area contributed by atoms with E-state index in [1.165, 1.54) is 12.1 Å². The third-order valence-electron chi connectivity index (χ3n) is 5.85. The molecular formula is C24H25F3N6O2. The van der Waals surface area contributed by atoms with Gasteiger partial charge >= 0.3 is 6.18 Å². The van der Waals surface area contributed by atoms with E-state index in [4.69, 9.17) is 0 Å². The summed E-state index contributed by atoms with van der Waals surface area (Å²) in [6.45, 7) is 1.12. The molecule has 1 aliphatic carbocycles. The van der Waals surface area contributed by atoms with E-state index in [1.54, 1.807) is 0 Å². The van der Waals surface area contributed by atoms with E-state index in [-0.39, 0.29) is 11.7 Å². The van der Waals surface area contributed by atoms with Crippen LogP contribution in [0.2, 0.25) is 0 Å². The summed E-state index contributed by atoms with van der Waals surface area (Å²) in [6.07, 6.45) is -0.903. The predicted octanol–water partition coefficient (Wildman–Crippen LogP) is 3.76. The van der Waals surface area contributed by atoms with E-state index < -0.39 is 36.6 Å². The third-order valence-corrected chi connectivity index (χ3v) is 5.85. The molecule has 1 fully saturated rings. The third kappa shape index (κ3) is 6.23. The molecule has 0 bridgehead atoms. The average Bonchev–Trinajstić information content (AvgIpc) is 3.50. The smallest absolute Gasteiger partial charge is 0.352 e. The Balaban J connectivity index is 1.55. The van der Waals surface area contributed by atoms with Crippen molar-refractivity contribution in [2.24, 2.45) is 0 Å². The van der Waals surface area contributed by atoms with Crippen LogP contribution in [0.5, 0.6) is 0 Å². The molecule has 35 heavy (non-hydrogen) atoms. The number of carbonyl (C=O) groups excluding carboxylic acids is 2. The van der Waals surface area contributed by atoms with Crippen LogP contribution in [0, 0.1) is 6.92 Å². The summed E-state index contributed by atoms with van der Waals surface area (Å²) in [6, 6.07) is 11.8. The van der Waals surface area contributed by atoms with Gasteiger partial charge in [-0.25, -0.2) is 0 Å². The first-order valence-electron chi connectivity index (χ1n) is 11.3. The molecule has 4 rings (SSSR count). The number of hydrogen-bond donors (Lipinski definition) is 1. The summed E-state index contributed by atoms with van der Waals surface area (Å²) in [5.74, 6) is -0.768. The van der Waals surface area contributed by atoms with Gasteiger partial charge in [0.2, 0.25) is 11.7 Å². The molecule has 2 amide bonds. The lowest BCUT2D eigenvalue weighted by Crippen LogP contribution is -2.45. The van der Waals surface area contributed by atoms with Gasteiger partial charge in [-0.15, -0.1) is 10.2 Å². The number of aryl methyl sites for hydroxylation is 1. The molecule has 8 nitrogen and oxygen atoms in total. The standard InChI is InChI=1S/C24H25F3N6O2/c1-16-9-11-17(12-10-16)23-29-31-33(30-23)15-22(35)32(14-21(34)28-19-6-2-3-7-19)20-8-4-5-18(13-20)24(25,26)27/h4-5,8-13,19H,2-3,6-7,14-15H2,1H3,(H,28,34). The minimum Gasteiger partial charge on any atom is -0.352 e. The number of tetrazole rings is 1. The highest BCUT2D eigenvalue weighted by atomic mass is 19.4. The topological polar surface area (TPSA) is 93.0 Å². The zero-order valence-electron chi connectivity index (χ0n) is 19.1. The Labute approximate surface area is 200 Å². The van der Waals surface area contributed by atoms with Crippen molar-refractivity contribution >= 4 is 17.5 Å². The normalized spacial score (nSPS) is 14.2. The van der Waals surface area contributed by atoms with Crippen LogP contribution in [-0.4, -0.2) is 44.6 Å². The molecule has 0 spiro atoms. The second kappa shape index (κ2) is 10.2. The fourth-order valence-corrected chi connectivity index (χ4v) is 4.00. The minimum atomic E-state index is -4.59. The van der Waals surface area contributed by atoms with E-state index in [0.29, 0.717) is 11.4 Å². The van der Waals surface area contributed by atoms with Gasteiger partial charge in [0.25, 0.3) is 5.91 Å². The quantitative estimate of drug-likeness (QED) is 0.549. The number of aromatic nitrogens is 4. The fourth-order valence-electron chi connectivity index (χ4n) is 4.00. The maximum Gasteiger partial charge on any atom is 0.416 e. The van der Waals surface area contributed by atoms with Crippen LogP contribution in [0.25, 0.3) is 11.4 Å². The second-order valence-electron chi connectivity index (χ2n) is 8.59. The molecule has 0 aliphatic heterocycles. The van der Waals surface area contributed by atoms with Crippen molar-refractivity contribution in [3.8, 4) is 11.4 Å². The lowest BCUT2D eigenvalue weighted by Gasteiger charge is -2.24. The monoisotopic (exact) mass is 486 g/mol. The van der Waals surface area contributed by atoms with Crippen LogP contribution in [0.3, 0.4) is 0 Å².